The fraction of sp³-hybridized carbons (Fsp3) is 0.292. The van der Waals surface area contributed by atoms with E-state index in [4.69, 9.17) is 9.84 Å². The summed E-state index contributed by atoms with van der Waals surface area (Å²) >= 11 is 0. The highest BCUT2D eigenvalue weighted by atomic mass is 16.5. The topological polar surface area (TPSA) is 135 Å². The van der Waals surface area contributed by atoms with Crippen molar-refractivity contribution in [1.29, 1.82) is 0 Å². The molecule has 1 atom stereocenters. The van der Waals surface area contributed by atoms with Gasteiger partial charge in [-0.05, 0) is 29.2 Å². The quantitative estimate of drug-likeness (QED) is 0.443. The van der Waals surface area contributed by atoms with Gasteiger partial charge in [-0.15, -0.1) is 5.10 Å². The average Bonchev–Trinajstić information content (AvgIpc) is 3.37. The largest absolute Gasteiger partial charge is 0.481 e. The molecular formula is C24H25N5O5. The summed E-state index contributed by atoms with van der Waals surface area (Å²) in [5.74, 6) is -1.40. The summed E-state index contributed by atoms with van der Waals surface area (Å²) in [5, 5.41) is 21.8. The Kier molecular flexibility index (Phi) is 6.86. The standard InChI is InChI=1S/C24H25N5O5/c1-15(10-23(31)32)26-22(30)13-29-12-16(27-28-29)11-25-24(33)34-14-21-19-8-4-2-6-17(19)18-7-3-5-9-20(18)21/h2-9,12,15,21H,10-11,13-14H2,1H3,(H,25,33)(H,26,30)(H,31,32)/t15-/m1/s1. The van der Waals surface area contributed by atoms with Crippen molar-refractivity contribution in [3.8, 4) is 11.1 Å². The van der Waals surface area contributed by atoms with Crippen LogP contribution in [0.4, 0.5) is 4.79 Å². The summed E-state index contributed by atoms with van der Waals surface area (Å²) in [7, 11) is 0. The minimum absolute atomic E-state index is 0.0268. The van der Waals surface area contributed by atoms with Crippen LogP contribution in [0.1, 0.15) is 36.1 Å². The highest BCUT2D eigenvalue weighted by Crippen LogP contribution is 2.44. The Hall–Kier alpha value is -4.21. The van der Waals surface area contributed by atoms with Gasteiger partial charge in [0.05, 0.1) is 19.2 Å². The second-order valence-electron chi connectivity index (χ2n) is 8.15. The molecule has 2 amide bonds. The molecule has 3 N–H and O–H groups in total. The zero-order valence-corrected chi connectivity index (χ0v) is 18.6. The number of carbonyl (C=O) groups excluding carboxylic acids is 2. The summed E-state index contributed by atoms with van der Waals surface area (Å²) < 4.78 is 6.81. The first-order chi connectivity index (χ1) is 16.4. The Morgan fingerprint density at radius 1 is 1.09 bits per heavy atom. The number of hydrogen-bond donors (Lipinski definition) is 3. The van der Waals surface area contributed by atoms with E-state index in [2.05, 4.69) is 45.2 Å². The Morgan fingerprint density at radius 3 is 2.38 bits per heavy atom. The molecule has 176 valence electrons. The number of aliphatic carboxylic acids is 1. The van der Waals surface area contributed by atoms with Gasteiger partial charge in [0.15, 0.2) is 0 Å². The van der Waals surface area contributed by atoms with Gasteiger partial charge in [-0.25, -0.2) is 9.48 Å². The fourth-order valence-electron chi connectivity index (χ4n) is 4.09. The molecule has 0 aliphatic heterocycles. The van der Waals surface area contributed by atoms with Crippen LogP contribution in [-0.4, -0.2) is 50.7 Å². The van der Waals surface area contributed by atoms with Gasteiger partial charge in [0.2, 0.25) is 5.91 Å². The number of carboxylic acid groups (broad SMARTS) is 1. The van der Waals surface area contributed by atoms with E-state index in [0.717, 1.165) is 22.3 Å². The van der Waals surface area contributed by atoms with Crippen molar-refractivity contribution in [2.45, 2.75) is 38.4 Å². The number of aromatic nitrogens is 3. The van der Waals surface area contributed by atoms with Gasteiger partial charge in [0.25, 0.3) is 0 Å². The van der Waals surface area contributed by atoms with E-state index in [0.29, 0.717) is 5.69 Å². The number of nitrogens with zero attached hydrogens (tertiary/aromatic N) is 3. The third-order valence-electron chi connectivity index (χ3n) is 5.54. The number of nitrogens with one attached hydrogen (secondary N) is 2. The van der Waals surface area contributed by atoms with Gasteiger partial charge >= 0.3 is 12.1 Å². The smallest absolute Gasteiger partial charge is 0.407 e. The molecule has 0 radical (unpaired) electrons. The lowest BCUT2D eigenvalue weighted by atomic mass is 9.98. The van der Waals surface area contributed by atoms with Crippen LogP contribution in [0.25, 0.3) is 11.1 Å². The summed E-state index contributed by atoms with van der Waals surface area (Å²) in [6, 6.07) is 15.7. The maximum atomic E-state index is 12.3. The summed E-state index contributed by atoms with van der Waals surface area (Å²) in [6.45, 7) is 1.80. The fourth-order valence-corrected chi connectivity index (χ4v) is 4.09. The average molecular weight is 463 g/mol. The first kappa shape index (κ1) is 23.0. The zero-order valence-electron chi connectivity index (χ0n) is 18.6. The number of benzene rings is 2. The van der Waals surface area contributed by atoms with Gasteiger partial charge in [-0.1, -0.05) is 53.7 Å². The molecule has 3 aromatic rings. The summed E-state index contributed by atoms with van der Waals surface area (Å²) in [4.78, 5) is 35.0. The minimum atomic E-state index is -0.991. The number of rotatable bonds is 9. The summed E-state index contributed by atoms with van der Waals surface area (Å²) in [5.41, 5.74) is 5.04. The second kappa shape index (κ2) is 10.2. The minimum Gasteiger partial charge on any atom is -0.481 e. The number of carboxylic acids is 1. The molecular weight excluding hydrogens is 438 g/mol. The lowest BCUT2D eigenvalue weighted by Gasteiger charge is -2.14. The van der Waals surface area contributed by atoms with E-state index < -0.39 is 18.1 Å². The molecule has 10 heteroatoms. The van der Waals surface area contributed by atoms with Crippen molar-refractivity contribution >= 4 is 18.0 Å². The molecule has 2 aromatic carbocycles. The lowest BCUT2D eigenvalue weighted by Crippen LogP contribution is -2.36. The van der Waals surface area contributed by atoms with Crippen molar-refractivity contribution in [3.05, 3.63) is 71.5 Å². The van der Waals surface area contributed by atoms with Crippen molar-refractivity contribution in [3.63, 3.8) is 0 Å². The number of fused-ring (bicyclic) bond motifs is 3. The maximum absolute atomic E-state index is 12.3. The van der Waals surface area contributed by atoms with Gasteiger partial charge < -0.3 is 20.5 Å². The number of amides is 2. The molecule has 1 aliphatic carbocycles. The number of carbonyl (C=O) groups is 3. The lowest BCUT2D eigenvalue weighted by molar-refractivity contribution is -0.137. The van der Waals surface area contributed by atoms with E-state index in [1.54, 1.807) is 6.92 Å². The molecule has 1 aliphatic rings. The van der Waals surface area contributed by atoms with Gasteiger partial charge in [-0.3, -0.25) is 9.59 Å². The predicted octanol–water partition coefficient (Wildman–Crippen LogP) is 2.30. The highest BCUT2D eigenvalue weighted by molar-refractivity contribution is 5.79. The van der Waals surface area contributed by atoms with E-state index >= 15 is 0 Å². The molecule has 0 bridgehead atoms. The van der Waals surface area contributed by atoms with Crippen molar-refractivity contribution in [1.82, 2.24) is 25.6 Å². The Labute approximate surface area is 195 Å². The van der Waals surface area contributed by atoms with Crippen LogP contribution in [0.5, 0.6) is 0 Å². The molecule has 1 aromatic heterocycles. The zero-order chi connectivity index (χ0) is 24.1. The first-order valence-corrected chi connectivity index (χ1v) is 10.9. The van der Waals surface area contributed by atoms with Gasteiger partial charge in [-0.2, -0.15) is 0 Å². The molecule has 0 spiro atoms. The molecule has 0 saturated heterocycles. The second-order valence-corrected chi connectivity index (χ2v) is 8.15. The van der Waals surface area contributed by atoms with Crippen molar-refractivity contribution in [2.75, 3.05) is 6.61 Å². The molecule has 34 heavy (non-hydrogen) atoms. The Bertz CT molecular complexity index is 1160. The summed E-state index contributed by atoms with van der Waals surface area (Å²) in [6.07, 6.45) is 0.792. The predicted molar refractivity (Wildman–Crippen MR) is 122 cm³/mol. The number of ether oxygens (including phenoxy) is 1. The third kappa shape index (κ3) is 5.40. The van der Waals surface area contributed by atoms with Crippen LogP contribution in [0, 0.1) is 0 Å². The molecule has 10 nitrogen and oxygen atoms in total. The third-order valence-corrected chi connectivity index (χ3v) is 5.54. The van der Waals surface area contributed by atoms with E-state index in [9.17, 15) is 14.4 Å². The highest BCUT2D eigenvalue weighted by Gasteiger charge is 2.29. The van der Waals surface area contributed by atoms with Crippen LogP contribution in [0.15, 0.2) is 54.7 Å². The molecule has 4 rings (SSSR count). The van der Waals surface area contributed by atoms with Crippen LogP contribution in [0.2, 0.25) is 0 Å². The maximum Gasteiger partial charge on any atom is 0.407 e. The molecule has 0 fully saturated rings. The Morgan fingerprint density at radius 2 is 1.74 bits per heavy atom. The van der Waals surface area contributed by atoms with Crippen LogP contribution < -0.4 is 10.6 Å². The SMILES string of the molecule is C[C@H](CC(=O)O)NC(=O)Cn1cc(CNC(=O)OCC2c3ccccc3-c3ccccc32)nn1. The number of alkyl carbamates (subject to hydrolysis) is 1. The van der Waals surface area contributed by atoms with Crippen molar-refractivity contribution < 1.29 is 24.2 Å². The van der Waals surface area contributed by atoms with Gasteiger partial charge in [0.1, 0.15) is 18.8 Å². The molecule has 0 saturated carbocycles. The van der Waals surface area contributed by atoms with Crippen LogP contribution in [0.3, 0.4) is 0 Å². The van der Waals surface area contributed by atoms with Gasteiger partial charge in [0, 0.05) is 12.0 Å². The Balaban J connectivity index is 1.26. The van der Waals surface area contributed by atoms with E-state index in [1.807, 2.05) is 24.3 Å². The first-order valence-electron chi connectivity index (χ1n) is 10.9. The molecule has 0 unspecified atom stereocenters. The van der Waals surface area contributed by atoms with E-state index in [-0.39, 0.29) is 37.9 Å². The van der Waals surface area contributed by atoms with Crippen LogP contribution >= 0.6 is 0 Å². The molecule has 1 heterocycles. The van der Waals surface area contributed by atoms with E-state index in [1.165, 1.54) is 10.9 Å². The number of hydrogen-bond acceptors (Lipinski definition) is 6. The van der Waals surface area contributed by atoms with Crippen molar-refractivity contribution in [2.24, 2.45) is 0 Å². The normalized spacial score (nSPS) is 13.0. The monoisotopic (exact) mass is 463 g/mol. The van der Waals surface area contributed by atoms with Crippen LogP contribution in [-0.2, 0) is 27.4 Å².